The van der Waals surface area contributed by atoms with Gasteiger partial charge in [0.1, 0.15) is 11.9 Å². The number of aromatic hydroxyl groups is 1. The highest BCUT2D eigenvalue weighted by Crippen LogP contribution is 2.33. The van der Waals surface area contributed by atoms with Crippen LogP contribution in [-0.2, 0) is 0 Å². The fourth-order valence-electron chi connectivity index (χ4n) is 3.59. The Balaban J connectivity index is 1.59. The number of nitriles is 1. The van der Waals surface area contributed by atoms with Crippen molar-refractivity contribution in [3.05, 3.63) is 59.2 Å². The first-order valence-corrected chi connectivity index (χ1v) is 9.81. The summed E-state index contributed by atoms with van der Waals surface area (Å²) in [5.74, 6) is -0.635. The third-order valence-electron chi connectivity index (χ3n) is 5.47. The van der Waals surface area contributed by atoms with E-state index in [1.807, 2.05) is 7.05 Å². The molecule has 0 aliphatic carbocycles. The minimum Gasteiger partial charge on any atom is -0.493 e. The number of carbonyl (C=O) groups excluding carboxylic acids is 1. The number of aryl methyl sites for hydroxylation is 1. The van der Waals surface area contributed by atoms with E-state index >= 15 is 0 Å². The fourth-order valence-corrected chi connectivity index (χ4v) is 3.59. The summed E-state index contributed by atoms with van der Waals surface area (Å²) in [6.07, 6.45) is 2.87. The lowest BCUT2D eigenvalue weighted by molar-refractivity contribution is 0.0663. The van der Waals surface area contributed by atoms with Gasteiger partial charge in [0.25, 0.3) is 5.91 Å². The molecule has 1 saturated heterocycles. The van der Waals surface area contributed by atoms with E-state index in [2.05, 4.69) is 15.0 Å². The molecular weight excluding hydrogens is 399 g/mol. The second kappa shape index (κ2) is 8.16. The Morgan fingerprint density at radius 2 is 1.90 bits per heavy atom. The van der Waals surface area contributed by atoms with Crippen molar-refractivity contribution >= 4 is 5.91 Å². The Labute approximate surface area is 178 Å². The van der Waals surface area contributed by atoms with E-state index in [1.165, 1.54) is 29.2 Å². The number of piperazine rings is 1. The highest BCUT2D eigenvalue weighted by atomic mass is 19.1. The number of pyridine rings is 1. The number of rotatable bonds is 3. The molecule has 0 atom stereocenters. The maximum Gasteiger partial charge on any atom is 0.255 e. The number of likely N-dealkylation sites (N-methyl/N-ethyl adjacent to an activating group) is 1. The molecule has 0 bridgehead atoms. The summed E-state index contributed by atoms with van der Waals surface area (Å²) in [6, 6.07) is 7.69. The van der Waals surface area contributed by atoms with Crippen LogP contribution >= 0.6 is 0 Å². The molecule has 4 rings (SSSR count). The van der Waals surface area contributed by atoms with Gasteiger partial charge in [0.05, 0.1) is 22.9 Å². The number of amides is 1. The summed E-state index contributed by atoms with van der Waals surface area (Å²) in [5, 5.41) is 23.8. The topological polar surface area (TPSA) is 98.3 Å². The van der Waals surface area contributed by atoms with Gasteiger partial charge >= 0.3 is 0 Å². The van der Waals surface area contributed by atoms with E-state index in [4.69, 9.17) is 5.26 Å². The number of hydrogen-bond donors (Lipinski definition) is 1. The third kappa shape index (κ3) is 3.85. The van der Waals surface area contributed by atoms with E-state index in [-0.39, 0.29) is 17.4 Å². The molecule has 9 heteroatoms. The standard InChI is InChI=1S/C22H21FN6O2/c1-14-9-16(11-24)19(23)10-17(14)18-13-26-29(22(18)31)20-4-3-15(12-25-20)21(30)28-7-5-27(2)6-8-28/h3-4,9-10,12-13,31H,5-8H2,1-2H3. The van der Waals surface area contributed by atoms with Crippen molar-refractivity contribution in [1.29, 1.82) is 5.26 Å². The molecule has 1 aliphatic rings. The van der Waals surface area contributed by atoms with Gasteiger partial charge in [-0.25, -0.2) is 9.37 Å². The molecule has 1 aliphatic heterocycles. The minimum atomic E-state index is -0.667. The monoisotopic (exact) mass is 420 g/mol. The summed E-state index contributed by atoms with van der Waals surface area (Å²) < 4.78 is 15.3. The second-order valence-electron chi connectivity index (χ2n) is 7.55. The Morgan fingerprint density at radius 3 is 2.55 bits per heavy atom. The molecule has 31 heavy (non-hydrogen) atoms. The van der Waals surface area contributed by atoms with E-state index in [9.17, 15) is 14.3 Å². The maximum atomic E-state index is 14.1. The Kier molecular flexibility index (Phi) is 5.40. The molecule has 1 amide bonds. The van der Waals surface area contributed by atoms with Crippen LogP contribution in [0.2, 0.25) is 0 Å². The van der Waals surface area contributed by atoms with Crippen LogP contribution < -0.4 is 0 Å². The number of aromatic nitrogens is 3. The highest BCUT2D eigenvalue weighted by Gasteiger charge is 2.21. The molecule has 1 fully saturated rings. The van der Waals surface area contributed by atoms with Crippen molar-refractivity contribution in [2.45, 2.75) is 6.92 Å². The van der Waals surface area contributed by atoms with Crippen molar-refractivity contribution in [1.82, 2.24) is 24.6 Å². The molecule has 158 valence electrons. The van der Waals surface area contributed by atoms with Crippen LogP contribution in [0.4, 0.5) is 4.39 Å². The first-order valence-electron chi connectivity index (χ1n) is 9.81. The number of carbonyl (C=O) groups is 1. The van der Waals surface area contributed by atoms with Crippen LogP contribution in [0.5, 0.6) is 5.88 Å². The van der Waals surface area contributed by atoms with Crippen molar-refractivity contribution in [2.24, 2.45) is 0 Å². The average molecular weight is 420 g/mol. The van der Waals surface area contributed by atoms with Gasteiger partial charge in [0, 0.05) is 32.4 Å². The van der Waals surface area contributed by atoms with Crippen molar-refractivity contribution in [3.8, 4) is 28.9 Å². The second-order valence-corrected chi connectivity index (χ2v) is 7.55. The number of halogens is 1. The maximum absolute atomic E-state index is 14.1. The predicted octanol–water partition coefficient (Wildman–Crippen LogP) is 2.35. The van der Waals surface area contributed by atoms with Crippen LogP contribution in [0.15, 0.2) is 36.7 Å². The van der Waals surface area contributed by atoms with Crippen molar-refractivity contribution in [2.75, 3.05) is 33.2 Å². The van der Waals surface area contributed by atoms with Crippen molar-refractivity contribution < 1.29 is 14.3 Å². The largest absolute Gasteiger partial charge is 0.493 e. The first kappa shape index (κ1) is 20.5. The summed E-state index contributed by atoms with van der Waals surface area (Å²) in [7, 11) is 2.02. The molecular formula is C22H21FN6O2. The zero-order valence-electron chi connectivity index (χ0n) is 17.2. The number of benzene rings is 1. The molecule has 1 aromatic carbocycles. The third-order valence-corrected chi connectivity index (χ3v) is 5.47. The van der Waals surface area contributed by atoms with E-state index in [1.54, 1.807) is 30.0 Å². The Hall–Kier alpha value is -3.77. The molecule has 1 N–H and O–H groups in total. The van der Waals surface area contributed by atoms with Gasteiger partial charge in [-0.1, -0.05) is 0 Å². The minimum absolute atomic E-state index is 0.0598. The molecule has 3 heterocycles. The first-order chi connectivity index (χ1) is 14.9. The summed E-state index contributed by atoms with van der Waals surface area (Å²) in [4.78, 5) is 20.9. The summed E-state index contributed by atoms with van der Waals surface area (Å²) in [6.45, 7) is 4.72. The molecule has 2 aromatic heterocycles. The van der Waals surface area contributed by atoms with Gasteiger partial charge in [-0.15, -0.1) is 0 Å². The lowest BCUT2D eigenvalue weighted by Gasteiger charge is -2.32. The molecule has 0 unspecified atom stereocenters. The summed E-state index contributed by atoms with van der Waals surface area (Å²) in [5.41, 5.74) is 1.79. The molecule has 8 nitrogen and oxygen atoms in total. The van der Waals surface area contributed by atoms with Crippen molar-refractivity contribution in [3.63, 3.8) is 0 Å². The number of nitrogens with zero attached hydrogens (tertiary/aromatic N) is 6. The van der Waals surface area contributed by atoms with Crippen LogP contribution in [0.25, 0.3) is 16.9 Å². The number of hydrogen-bond acceptors (Lipinski definition) is 6. The SMILES string of the molecule is Cc1cc(C#N)c(F)cc1-c1cnn(-c2ccc(C(=O)N3CCN(C)CC3)cn2)c1O. The van der Waals surface area contributed by atoms with Gasteiger partial charge in [-0.3, -0.25) is 4.79 Å². The van der Waals surface area contributed by atoms with Gasteiger partial charge < -0.3 is 14.9 Å². The lowest BCUT2D eigenvalue weighted by Crippen LogP contribution is -2.47. The molecule has 0 saturated carbocycles. The van der Waals surface area contributed by atoms with E-state index < -0.39 is 5.82 Å². The van der Waals surface area contributed by atoms with Gasteiger partial charge in [-0.05, 0) is 49.4 Å². The zero-order chi connectivity index (χ0) is 22.1. The Morgan fingerprint density at radius 1 is 1.16 bits per heavy atom. The normalized spacial score (nSPS) is 14.5. The van der Waals surface area contributed by atoms with Crippen LogP contribution in [0.3, 0.4) is 0 Å². The highest BCUT2D eigenvalue weighted by molar-refractivity contribution is 5.94. The lowest BCUT2D eigenvalue weighted by atomic mass is 10.0. The summed E-state index contributed by atoms with van der Waals surface area (Å²) >= 11 is 0. The van der Waals surface area contributed by atoms with Gasteiger partial charge in [0.2, 0.25) is 5.88 Å². The van der Waals surface area contributed by atoms with E-state index in [0.29, 0.717) is 41.2 Å². The van der Waals surface area contributed by atoms with E-state index in [0.717, 1.165) is 13.1 Å². The molecule has 0 radical (unpaired) electrons. The molecule has 3 aromatic rings. The van der Waals surface area contributed by atoms with Crippen LogP contribution in [0.1, 0.15) is 21.5 Å². The zero-order valence-corrected chi connectivity index (χ0v) is 17.2. The Bertz CT molecular complexity index is 1170. The average Bonchev–Trinajstić information content (AvgIpc) is 3.16. The fraction of sp³-hybridized carbons (Fsp3) is 0.273. The smallest absolute Gasteiger partial charge is 0.255 e. The molecule has 0 spiro atoms. The van der Waals surface area contributed by atoms with Crippen LogP contribution in [0, 0.1) is 24.1 Å². The van der Waals surface area contributed by atoms with Gasteiger partial charge in [0.15, 0.2) is 5.82 Å². The predicted molar refractivity (Wildman–Crippen MR) is 111 cm³/mol. The quantitative estimate of drug-likeness (QED) is 0.699. The van der Waals surface area contributed by atoms with Gasteiger partial charge in [-0.2, -0.15) is 15.0 Å². The van der Waals surface area contributed by atoms with Crippen LogP contribution in [-0.4, -0.2) is 68.8 Å².